The molecule has 43 heavy (non-hydrogen) atoms. The van der Waals surface area contributed by atoms with E-state index < -0.39 is 15.6 Å². The standard InChI is InChI=1S/C33H33N2.CHF3O3S/c1-34(2)30-22-18-28(19-23-30)32(26-12-7-5-8-13-26)16-11-17-33(27-14-9-6-10-15-27)29-20-24-31(25-21-29)35(3)4;2-1(3,4)8(5,6)7/h5-25H,1-4H3;(H,5,6,7)/q+1;/p-1. The van der Waals surface area contributed by atoms with Gasteiger partial charge in [0.05, 0.1) is 0 Å². The summed E-state index contributed by atoms with van der Waals surface area (Å²) in [7, 11) is 2.18. The highest BCUT2D eigenvalue weighted by Gasteiger charge is 2.36. The van der Waals surface area contributed by atoms with E-state index in [1.165, 1.54) is 44.8 Å². The monoisotopic (exact) mass is 606 g/mol. The highest BCUT2D eigenvalue weighted by atomic mass is 32.2. The molecule has 0 amide bonds. The third-order valence-electron chi connectivity index (χ3n) is 6.37. The fraction of sp³-hybridized carbons (Fsp3) is 0.147. The summed E-state index contributed by atoms with van der Waals surface area (Å²) in [6.07, 6.45) is 15.3. The Morgan fingerprint density at radius 2 is 1.23 bits per heavy atom. The van der Waals surface area contributed by atoms with Gasteiger partial charge in [-0.25, -0.2) is 13.0 Å². The second kappa shape index (κ2) is 14.6. The van der Waals surface area contributed by atoms with Crippen molar-refractivity contribution in [1.29, 1.82) is 0 Å². The van der Waals surface area contributed by atoms with Gasteiger partial charge in [0.2, 0.25) is 0 Å². The Morgan fingerprint density at radius 1 is 0.767 bits per heavy atom. The van der Waals surface area contributed by atoms with Gasteiger partial charge in [-0.2, -0.15) is 13.2 Å². The SMILES string of the molecule is CN(C)c1ccc(/C(=C/C=C/C(=C2C=CC(=[N+](C)C)C=C2)c2ccccc2)c2ccccc2)cc1.O=S(=O)([O-])C(F)(F)F. The van der Waals surface area contributed by atoms with E-state index in [2.05, 4.69) is 165 Å². The Bertz CT molecular complexity index is 1660. The van der Waals surface area contributed by atoms with Crippen molar-refractivity contribution in [3.05, 3.63) is 150 Å². The van der Waals surface area contributed by atoms with Crippen LogP contribution in [-0.2, 0) is 10.1 Å². The molecule has 0 heterocycles. The largest absolute Gasteiger partial charge is 0.741 e. The van der Waals surface area contributed by atoms with E-state index >= 15 is 0 Å². The Kier molecular flexibility index (Phi) is 11.2. The van der Waals surface area contributed by atoms with E-state index in [0.717, 1.165) is 0 Å². The topological polar surface area (TPSA) is 63.5 Å². The molecule has 0 unspecified atom stereocenters. The zero-order valence-electron chi connectivity index (χ0n) is 24.3. The smallest absolute Gasteiger partial charge is 0.485 e. The number of benzene rings is 3. The zero-order chi connectivity index (χ0) is 31.6. The van der Waals surface area contributed by atoms with Crippen molar-refractivity contribution in [1.82, 2.24) is 0 Å². The number of rotatable bonds is 6. The Labute approximate surface area is 251 Å². The van der Waals surface area contributed by atoms with Gasteiger partial charge in [0, 0.05) is 31.9 Å². The molecule has 0 radical (unpaired) electrons. The third kappa shape index (κ3) is 9.52. The van der Waals surface area contributed by atoms with Gasteiger partial charge in [-0.05, 0) is 57.7 Å². The van der Waals surface area contributed by atoms with Crippen molar-refractivity contribution in [2.75, 3.05) is 33.1 Å². The number of alkyl halides is 3. The first-order valence-corrected chi connectivity index (χ1v) is 14.6. The van der Waals surface area contributed by atoms with E-state index in [1.54, 1.807) is 0 Å². The maximum atomic E-state index is 10.7. The first-order valence-electron chi connectivity index (χ1n) is 13.2. The molecule has 3 aromatic rings. The molecule has 1 aliphatic rings. The number of hydrogen-bond acceptors (Lipinski definition) is 4. The predicted molar refractivity (Wildman–Crippen MR) is 168 cm³/mol. The lowest BCUT2D eigenvalue weighted by molar-refractivity contribution is -0.462. The Morgan fingerprint density at radius 3 is 1.67 bits per heavy atom. The predicted octanol–water partition coefficient (Wildman–Crippen LogP) is 7.08. The molecule has 0 saturated carbocycles. The maximum absolute atomic E-state index is 10.7. The molecule has 4 rings (SSSR count). The summed E-state index contributed by atoms with van der Waals surface area (Å²) in [6.45, 7) is 0. The fourth-order valence-corrected chi connectivity index (χ4v) is 4.07. The Hall–Kier alpha value is -4.47. The van der Waals surface area contributed by atoms with Crippen LogP contribution < -0.4 is 4.90 Å². The van der Waals surface area contributed by atoms with Crippen LogP contribution in [0.2, 0.25) is 0 Å². The quantitative estimate of drug-likeness (QED) is 0.130. The number of allylic oxidation sites excluding steroid dienone is 9. The number of anilines is 1. The van der Waals surface area contributed by atoms with Crippen LogP contribution >= 0.6 is 0 Å². The van der Waals surface area contributed by atoms with E-state index in [-0.39, 0.29) is 0 Å². The summed E-state index contributed by atoms with van der Waals surface area (Å²) in [5.41, 5.74) is 3.93. The van der Waals surface area contributed by atoms with Gasteiger partial charge in [-0.15, -0.1) is 0 Å². The fourth-order valence-electron chi connectivity index (χ4n) is 4.07. The molecule has 9 heteroatoms. The van der Waals surface area contributed by atoms with Crippen LogP contribution in [-0.4, -0.2) is 57.0 Å². The highest BCUT2D eigenvalue weighted by Crippen LogP contribution is 2.28. The summed E-state index contributed by atoms with van der Waals surface area (Å²) in [5.74, 6) is 0. The molecular weight excluding hydrogens is 573 g/mol. The van der Waals surface area contributed by atoms with Crippen molar-refractivity contribution >= 4 is 32.7 Å². The van der Waals surface area contributed by atoms with Crippen LogP contribution in [0.3, 0.4) is 0 Å². The van der Waals surface area contributed by atoms with Crippen LogP contribution in [0.25, 0.3) is 11.1 Å². The van der Waals surface area contributed by atoms with Crippen LogP contribution in [0.1, 0.15) is 16.7 Å². The van der Waals surface area contributed by atoms with Crippen LogP contribution in [0.15, 0.2) is 133 Å². The first kappa shape index (κ1) is 33.0. The lowest BCUT2D eigenvalue weighted by atomic mass is 9.94. The minimum atomic E-state index is -6.09. The van der Waals surface area contributed by atoms with Crippen molar-refractivity contribution in [2.24, 2.45) is 0 Å². The summed E-state index contributed by atoms with van der Waals surface area (Å²) < 4.78 is 61.0. The van der Waals surface area contributed by atoms with Gasteiger partial charge in [-0.1, -0.05) is 91.0 Å². The molecule has 0 bridgehead atoms. The molecule has 0 aromatic heterocycles. The number of nitrogens with zero attached hydrogens (tertiary/aromatic N) is 2. The zero-order valence-corrected chi connectivity index (χ0v) is 25.1. The molecular formula is C34H33F3N2O3S. The second-order valence-electron chi connectivity index (χ2n) is 9.87. The van der Waals surface area contributed by atoms with Crippen LogP contribution in [0.4, 0.5) is 18.9 Å². The minimum absolute atomic E-state index is 1.19. The summed E-state index contributed by atoms with van der Waals surface area (Å²) >= 11 is 0. The van der Waals surface area contributed by atoms with Crippen molar-refractivity contribution < 1.29 is 30.7 Å². The second-order valence-corrected chi connectivity index (χ2v) is 11.2. The molecule has 0 fully saturated rings. The molecule has 0 N–H and O–H groups in total. The minimum Gasteiger partial charge on any atom is -0.741 e. The van der Waals surface area contributed by atoms with E-state index in [4.69, 9.17) is 13.0 Å². The molecule has 0 atom stereocenters. The van der Waals surface area contributed by atoms with Gasteiger partial charge in [0.15, 0.2) is 15.8 Å². The average Bonchev–Trinajstić information content (AvgIpc) is 2.98. The molecule has 5 nitrogen and oxygen atoms in total. The van der Waals surface area contributed by atoms with Gasteiger partial charge in [0.25, 0.3) is 0 Å². The van der Waals surface area contributed by atoms with Crippen molar-refractivity contribution in [2.45, 2.75) is 5.51 Å². The number of halogens is 3. The lowest BCUT2D eigenvalue weighted by Crippen LogP contribution is -2.21. The van der Waals surface area contributed by atoms with Crippen molar-refractivity contribution in [3.8, 4) is 0 Å². The molecule has 3 aromatic carbocycles. The normalized spacial score (nSPS) is 13.5. The molecule has 224 valence electrons. The molecule has 0 aliphatic heterocycles. The average molecular weight is 607 g/mol. The number of hydrogen-bond donors (Lipinski definition) is 0. The van der Waals surface area contributed by atoms with Gasteiger partial charge < -0.3 is 9.45 Å². The Balaban J connectivity index is 0.000000557. The van der Waals surface area contributed by atoms with E-state index in [1.807, 2.05) is 0 Å². The summed E-state index contributed by atoms with van der Waals surface area (Å²) in [4.78, 5) is 2.12. The van der Waals surface area contributed by atoms with Crippen molar-refractivity contribution in [3.63, 3.8) is 0 Å². The summed E-state index contributed by atoms with van der Waals surface area (Å²) in [6, 6.07) is 29.9. The summed E-state index contributed by atoms with van der Waals surface area (Å²) in [5, 5.41) is 0. The van der Waals surface area contributed by atoms with Gasteiger partial charge >= 0.3 is 5.51 Å². The lowest BCUT2D eigenvalue weighted by Gasteiger charge is -2.14. The van der Waals surface area contributed by atoms with Crippen LogP contribution in [0.5, 0.6) is 0 Å². The van der Waals surface area contributed by atoms with Gasteiger partial charge in [0.1, 0.15) is 14.1 Å². The maximum Gasteiger partial charge on any atom is 0.485 e. The van der Waals surface area contributed by atoms with Gasteiger partial charge in [-0.3, -0.25) is 0 Å². The molecule has 0 spiro atoms. The molecule has 0 saturated heterocycles. The highest BCUT2D eigenvalue weighted by molar-refractivity contribution is 7.86. The first-order chi connectivity index (χ1) is 20.3. The van der Waals surface area contributed by atoms with Crippen LogP contribution in [0, 0.1) is 0 Å². The molecule has 1 aliphatic carbocycles. The third-order valence-corrected chi connectivity index (χ3v) is 6.94. The van der Waals surface area contributed by atoms with E-state index in [9.17, 15) is 13.2 Å². The van der Waals surface area contributed by atoms with E-state index in [0.29, 0.717) is 0 Å².